The molecule has 23 heavy (non-hydrogen) atoms. The SMILES string of the molecule is C[C@H]1O[C@@H](c2ccncc2N)C[C@@H](O[S+](C)C(C)(C)C)[C@]1(C)O. The quantitative estimate of drug-likeness (QED) is 0.826. The van der Waals surface area contributed by atoms with Gasteiger partial charge in [-0.1, -0.05) is 0 Å². The number of rotatable bonds is 3. The molecule has 1 fully saturated rings. The third-order valence-corrected chi connectivity index (χ3v) is 6.87. The fraction of sp³-hybridized carbons (Fsp3) is 0.706. The van der Waals surface area contributed by atoms with Crippen LogP contribution in [0.3, 0.4) is 0 Å². The molecule has 1 unspecified atom stereocenters. The molecule has 1 saturated heterocycles. The highest BCUT2D eigenvalue weighted by molar-refractivity contribution is 7.93. The summed E-state index contributed by atoms with van der Waals surface area (Å²) in [6.07, 6.45) is 5.13. The van der Waals surface area contributed by atoms with Crippen LogP contribution in [0.15, 0.2) is 18.5 Å². The molecule has 6 heteroatoms. The Bertz CT molecular complexity index is 545. The molecule has 1 aromatic heterocycles. The first kappa shape index (κ1) is 18.5. The molecule has 130 valence electrons. The molecule has 1 aliphatic heterocycles. The van der Waals surface area contributed by atoms with Crippen LogP contribution in [-0.2, 0) is 20.1 Å². The average Bonchev–Trinajstić information content (AvgIpc) is 2.43. The zero-order chi connectivity index (χ0) is 17.4. The number of nitrogen functional groups attached to an aromatic ring is 1. The number of aliphatic hydroxyl groups is 1. The topological polar surface area (TPSA) is 77.6 Å². The van der Waals surface area contributed by atoms with E-state index in [9.17, 15) is 5.11 Å². The number of pyridine rings is 1. The fourth-order valence-electron chi connectivity index (χ4n) is 2.50. The van der Waals surface area contributed by atoms with E-state index in [2.05, 4.69) is 32.0 Å². The summed E-state index contributed by atoms with van der Waals surface area (Å²) in [6.45, 7) is 10.1. The third-order valence-electron chi connectivity index (χ3n) is 4.63. The Balaban J connectivity index is 2.24. The van der Waals surface area contributed by atoms with Crippen molar-refractivity contribution in [1.82, 2.24) is 4.98 Å². The van der Waals surface area contributed by atoms with Crippen LogP contribution < -0.4 is 5.73 Å². The number of aromatic nitrogens is 1. The summed E-state index contributed by atoms with van der Waals surface area (Å²) in [7, 11) is 0. The van der Waals surface area contributed by atoms with Gasteiger partial charge in [0.2, 0.25) is 0 Å². The van der Waals surface area contributed by atoms with Crippen LogP contribution in [0.25, 0.3) is 0 Å². The normalized spacial score (nSPS) is 33.4. The van der Waals surface area contributed by atoms with Gasteiger partial charge < -0.3 is 15.6 Å². The zero-order valence-corrected chi connectivity index (χ0v) is 15.7. The van der Waals surface area contributed by atoms with Crippen molar-refractivity contribution in [2.75, 3.05) is 12.0 Å². The Hall–Kier alpha value is -0.820. The molecule has 0 aromatic carbocycles. The Morgan fingerprint density at radius 1 is 1.48 bits per heavy atom. The highest BCUT2D eigenvalue weighted by atomic mass is 32.2. The molecule has 1 aliphatic rings. The van der Waals surface area contributed by atoms with Crippen LogP contribution in [0.4, 0.5) is 5.69 Å². The summed E-state index contributed by atoms with van der Waals surface area (Å²) >= 11 is -0.282. The summed E-state index contributed by atoms with van der Waals surface area (Å²) in [5.74, 6) is 0. The first-order valence-electron chi connectivity index (χ1n) is 7.94. The number of hydrogen-bond acceptors (Lipinski definition) is 5. The van der Waals surface area contributed by atoms with Gasteiger partial charge in [-0.3, -0.25) is 4.98 Å². The molecule has 0 amide bonds. The van der Waals surface area contributed by atoms with Gasteiger partial charge in [0.15, 0.2) is 4.75 Å². The maximum atomic E-state index is 10.9. The Morgan fingerprint density at radius 2 is 2.13 bits per heavy atom. The Labute approximate surface area is 142 Å². The van der Waals surface area contributed by atoms with E-state index in [1.165, 1.54) is 0 Å². The molecule has 0 aliphatic carbocycles. The molecule has 3 N–H and O–H groups in total. The van der Waals surface area contributed by atoms with E-state index in [1.54, 1.807) is 19.3 Å². The highest BCUT2D eigenvalue weighted by Crippen LogP contribution is 2.41. The van der Waals surface area contributed by atoms with E-state index in [1.807, 2.05) is 13.0 Å². The Morgan fingerprint density at radius 3 is 2.70 bits per heavy atom. The molecule has 2 heterocycles. The maximum absolute atomic E-state index is 10.9. The summed E-state index contributed by atoms with van der Waals surface area (Å²) in [5.41, 5.74) is 6.51. The van der Waals surface area contributed by atoms with Gasteiger partial charge in [0, 0.05) is 18.2 Å². The molecule has 0 radical (unpaired) electrons. The van der Waals surface area contributed by atoms with Gasteiger partial charge in [0.1, 0.15) is 29.1 Å². The van der Waals surface area contributed by atoms with Crippen LogP contribution in [0.5, 0.6) is 0 Å². The lowest BCUT2D eigenvalue weighted by molar-refractivity contribution is -0.206. The largest absolute Gasteiger partial charge is 0.397 e. The lowest BCUT2D eigenvalue weighted by Gasteiger charge is -2.44. The first-order chi connectivity index (χ1) is 10.5. The van der Waals surface area contributed by atoms with Crippen molar-refractivity contribution in [3.8, 4) is 0 Å². The molecule has 0 bridgehead atoms. The van der Waals surface area contributed by atoms with Crippen molar-refractivity contribution in [3.05, 3.63) is 24.0 Å². The van der Waals surface area contributed by atoms with Crippen molar-refractivity contribution in [2.45, 2.75) is 69.7 Å². The predicted octanol–water partition coefficient (Wildman–Crippen LogP) is 2.61. The number of nitrogens with zero attached hydrogens (tertiary/aromatic N) is 1. The second kappa shape index (κ2) is 6.59. The second-order valence-corrected chi connectivity index (χ2v) is 9.71. The van der Waals surface area contributed by atoms with Gasteiger partial charge in [0.05, 0.1) is 24.1 Å². The molecule has 5 atom stereocenters. The average molecular weight is 341 g/mol. The monoisotopic (exact) mass is 341 g/mol. The van der Waals surface area contributed by atoms with Crippen molar-refractivity contribution in [1.29, 1.82) is 0 Å². The maximum Gasteiger partial charge on any atom is 0.152 e. The Kier molecular flexibility index (Phi) is 5.31. The molecule has 5 nitrogen and oxygen atoms in total. The van der Waals surface area contributed by atoms with E-state index >= 15 is 0 Å². The first-order valence-corrected chi connectivity index (χ1v) is 9.49. The number of nitrogens with two attached hydrogens (primary N) is 1. The summed E-state index contributed by atoms with van der Waals surface area (Å²) < 4.78 is 12.3. The van der Waals surface area contributed by atoms with Gasteiger partial charge in [0.25, 0.3) is 0 Å². The zero-order valence-electron chi connectivity index (χ0n) is 14.9. The van der Waals surface area contributed by atoms with E-state index in [0.29, 0.717) is 12.1 Å². The van der Waals surface area contributed by atoms with Gasteiger partial charge in [-0.15, -0.1) is 0 Å². The minimum Gasteiger partial charge on any atom is -0.397 e. The van der Waals surface area contributed by atoms with Crippen LogP contribution in [0, 0.1) is 0 Å². The van der Waals surface area contributed by atoms with Crippen LogP contribution >= 0.6 is 0 Å². The van der Waals surface area contributed by atoms with Crippen molar-refractivity contribution in [2.24, 2.45) is 0 Å². The van der Waals surface area contributed by atoms with E-state index in [-0.39, 0.29) is 34.2 Å². The molecular formula is C17H29N2O3S+. The summed E-state index contributed by atoms with van der Waals surface area (Å²) in [6, 6.07) is 1.87. The van der Waals surface area contributed by atoms with Crippen LogP contribution in [-0.4, -0.2) is 38.9 Å². The van der Waals surface area contributed by atoms with Crippen LogP contribution in [0.2, 0.25) is 0 Å². The third kappa shape index (κ3) is 3.99. The lowest BCUT2D eigenvalue weighted by atomic mass is 9.84. The van der Waals surface area contributed by atoms with E-state index in [0.717, 1.165) is 5.56 Å². The molecule has 2 rings (SSSR count). The molecule has 1 aromatic rings. The summed E-state index contributed by atoms with van der Waals surface area (Å²) in [5, 5.41) is 10.9. The van der Waals surface area contributed by atoms with E-state index in [4.69, 9.17) is 14.7 Å². The second-order valence-electron chi connectivity index (χ2n) is 7.38. The van der Waals surface area contributed by atoms with Crippen molar-refractivity contribution < 1.29 is 14.0 Å². The lowest BCUT2D eigenvalue weighted by Crippen LogP contribution is -2.56. The van der Waals surface area contributed by atoms with Crippen LogP contribution in [0.1, 0.15) is 52.7 Å². The summed E-state index contributed by atoms with van der Waals surface area (Å²) in [4.78, 5) is 4.03. The number of anilines is 1. The minimum absolute atomic E-state index is 0.0306. The smallest absolute Gasteiger partial charge is 0.152 e. The number of ether oxygens (including phenoxy) is 1. The van der Waals surface area contributed by atoms with Crippen molar-refractivity contribution in [3.63, 3.8) is 0 Å². The van der Waals surface area contributed by atoms with Gasteiger partial charge in [-0.25, -0.2) is 0 Å². The van der Waals surface area contributed by atoms with Gasteiger partial charge >= 0.3 is 0 Å². The number of hydrogen-bond donors (Lipinski definition) is 2. The molecule has 0 saturated carbocycles. The van der Waals surface area contributed by atoms with Gasteiger partial charge in [-0.05, 0) is 40.7 Å². The van der Waals surface area contributed by atoms with Crippen molar-refractivity contribution >= 4 is 16.9 Å². The molecular weight excluding hydrogens is 312 g/mol. The van der Waals surface area contributed by atoms with E-state index < -0.39 is 5.60 Å². The predicted molar refractivity (Wildman–Crippen MR) is 95.1 cm³/mol. The minimum atomic E-state index is -1.04. The highest BCUT2D eigenvalue weighted by Gasteiger charge is 2.50. The standard InChI is InChI=1S/C17H29N2O3S/c1-11-17(5,20)15(22-23(6)16(2,3)4)9-14(21-11)12-7-8-19-10-13(12)18/h7-8,10-11,14-15,20H,9,18H2,1-6H3/q+1/t11-,14-,15-,17-,23?/m1/s1. The fourth-order valence-corrected chi connectivity index (χ4v) is 3.41. The molecule has 0 spiro atoms. The van der Waals surface area contributed by atoms with Gasteiger partial charge in [-0.2, -0.15) is 4.18 Å².